The molecule has 1 fully saturated rings. The highest BCUT2D eigenvalue weighted by molar-refractivity contribution is 5.92. The number of halogens is 1. The summed E-state index contributed by atoms with van der Waals surface area (Å²) < 4.78 is 5.51. The second-order valence-corrected chi connectivity index (χ2v) is 5.22. The van der Waals surface area contributed by atoms with Gasteiger partial charge in [-0.15, -0.1) is 12.4 Å². The molecule has 1 unspecified atom stereocenters. The Hall–Kier alpha value is -1.10. The quantitative estimate of drug-likeness (QED) is 0.814. The summed E-state index contributed by atoms with van der Waals surface area (Å²) >= 11 is 0. The summed E-state index contributed by atoms with van der Waals surface area (Å²) in [4.78, 5) is 11.9. The van der Waals surface area contributed by atoms with Crippen LogP contribution in [0.2, 0.25) is 0 Å². The van der Waals surface area contributed by atoms with Gasteiger partial charge in [0, 0.05) is 18.8 Å². The van der Waals surface area contributed by atoms with Gasteiger partial charge in [0.15, 0.2) is 0 Å². The van der Waals surface area contributed by atoms with Crippen LogP contribution < -0.4 is 10.6 Å². The van der Waals surface area contributed by atoms with Gasteiger partial charge in [0.2, 0.25) is 5.91 Å². The molecule has 0 saturated carbocycles. The highest BCUT2D eigenvalue weighted by Gasteiger charge is 2.15. The highest BCUT2D eigenvalue weighted by atomic mass is 35.5. The molecule has 1 saturated heterocycles. The fourth-order valence-corrected chi connectivity index (χ4v) is 2.48. The summed E-state index contributed by atoms with van der Waals surface area (Å²) in [5.41, 5.74) is 2.13. The van der Waals surface area contributed by atoms with E-state index in [1.807, 2.05) is 18.2 Å². The average molecular weight is 313 g/mol. The lowest BCUT2D eigenvalue weighted by atomic mass is 10.1. The van der Waals surface area contributed by atoms with Gasteiger partial charge in [0.1, 0.15) is 0 Å². The summed E-state index contributed by atoms with van der Waals surface area (Å²) in [6.45, 7) is 4.08. The SMILES string of the molecule is CCCc1ccccc1NC(=O)CNCC1CCCO1.Cl. The van der Waals surface area contributed by atoms with Gasteiger partial charge in [-0.05, 0) is 30.9 Å². The van der Waals surface area contributed by atoms with Gasteiger partial charge in [-0.1, -0.05) is 31.5 Å². The average Bonchev–Trinajstić information content (AvgIpc) is 2.94. The lowest BCUT2D eigenvalue weighted by Crippen LogP contribution is -2.33. The summed E-state index contributed by atoms with van der Waals surface area (Å²) in [5, 5.41) is 6.14. The number of rotatable bonds is 7. The number of hydrogen-bond donors (Lipinski definition) is 2. The van der Waals surface area contributed by atoms with Gasteiger partial charge in [0.05, 0.1) is 12.6 Å². The van der Waals surface area contributed by atoms with Crippen molar-refractivity contribution in [3.05, 3.63) is 29.8 Å². The monoisotopic (exact) mass is 312 g/mol. The molecule has 1 heterocycles. The molecule has 1 atom stereocenters. The zero-order valence-corrected chi connectivity index (χ0v) is 13.4. The molecule has 0 spiro atoms. The number of carbonyl (C=O) groups is 1. The number of aryl methyl sites for hydroxylation is 1. The predicted molar refractivity (Wildman–Crippen MR) is 88.2 cm³/mol. The van der Waals surface area contributed by atoms with Gasteiger partial charge >= 0.3 is 0 Å². The number of hydrogen-bond acceptors (Lipinski definition) is 3. The summed E-state index contributed by atoms with van der Waals surface area (Å²) in [5.74, 6) is 0.00606. The summed E-state index contributed by atoms with van der Waals surface area (Å²) in [7, 11) is 0. The first-order valence-corrected chi connectivity index (χ1v) is 7.49. The molecule has 1 aromatic rings. The third kappa shape index (κ3) is 6.04. The van der Waals surface area contributed by atoms with Crippen LogP contribution in [0.3, 0.4) is 0 Å². The second-order valence-electron chi connectivity index (χ2n) is 5.22. The number of amides is 1. The van der Waals surface area contributed by atoms with Gasteiger partial charge in [-0.2, -0.15) is 0 Å². The minimum atomic E-state index is 0. The third-order valence-corrected chi connectivity index (χ3v) is 3.49. The Balaban J connectivity index is 0.00000220. The van der Waals surface area contributed by atoms with Crippen LogP contribution in [-0.4, -0.2) is 31.7 Å². The molecule has 1 aliphatic rings. The Morgan fingerprint density at radius 2 is 2.19 bits per heavy atom. The van der Waals surface area contributed by atoms with Crippen molar-refractivity contribution in [2.24, 2.45) is 0 Å². The van der Waals surface area contributed by atoms with Crippen molar-refractivity contribution in [3.8, 4) is 0 Å². The molecular formula is C16H25ClN2O2. The van der Waals surface area contributed by atoms with Gasteiger partial charge in [-0.25, -0.2) is 0 Å². The maximum Gasteiger partial charge on any atom is 0.238 e. The van der Waals surface area contributed by atoms with E-state index >= 15 is 0 Å². The van der Waals surface area contributed by atoms with Crippen LogP contribution in [0.5, 0.6) is 0 Å². The number of para-hydroxylation sites is 1. The molecule has 0 bridgehead atoms. The van der Waals surface area contributed by atoms with Crippen LogP contribution in [0.1, 0.15) is 31.7 Å². The number of benzene rings is 1. The Kier molecular flexibility index (Phi) is 8.35. The van der Waals surface area contributed by atoms with E-state index in [2.05, 4.69) is 23.6 Å². The zero-order valence-electron chi connectivity index (χ0n) is 12.6. The Bertz CT molecular complexity index is 434. The van der Waals surface area contributed by atoms with Crippen molar-refractivity contribution < 1.29 is 9.53 Å². The highest BCUT2D eigenvalue weighted by Crippen LogP contribution is 2.16. The molecule has 1 aromatic carbocycles. The lowest BCUT2D eigenvalue weighted by Gasteiger charge is -2.12. The van der Waals surface area contributed by atoms with Crippen LogP contribution in [0.25, 0.3) is 0 Å². The standard InChI is InChI=1S/C16H24N2O2.ClH/c1-2-6-13-7-3-4-9-15(13)18-16(19)12-17-11-14-8-5-10-20-14;/h3-4,7,9,14,17H,2,5-6,8,10-12H2,1H3,(H,18,19);1H. The molecule has 2 N–H and O–H groups in total. The first-order chi connectivity index (χ1) is 9.79. The molecule has 2 rings (SSSR count). The summed E-state index contributed by atoms with van der Waals surface area (Å²) in [6.07, 6.45) is 4.55. The topological polar surface area (TPSA) is 50.4 Å². The van der Waals surface area contributed by atoms with Crippen molar-refractivity contribution in [1.82, 2.24) is 5.32 Å². The van der Waals surface area contributed by atoms with Crippen LogP contribution in [0.15, 0.2) is 24.3 Å². The van der Waals surface area contributed by atoms with E-state index in [4.69, 9.17) is 4.74 Å². The van der Waals surface area contributed by atoms with E-state index in [0.29, 0.717) is 6.54 Å². The second kappa shape index (κ2) is 9.77. The van der Waals surface area contributed by atoms with E-state index in [1.54, 1.807) is 0 Å². The van der Waals surface area contributed by atoms with Gasteiger partial charge < -0.3 is 15.4 Å². The van der Waals surface area contributed by atoms with Crippen molar-refractivity contribution in [3.63, 3.8) is 0 Å². The van der Waals surface area contributed by atoms with E-state index < -0.39 is 0 Å². The van der Waals surface area contributed by atoms with Crippen molar-refractivity contribution >= 4 is 24.0 Å². The number of ether oxygens (including phenoxy) is 1. The number of anilines is 1. The first-order valence-electron chi connectivity index (χ1n) is 7.49. The molecule has 4 nitrogen and oxygen atoms in total. The largest absolute Gasteiger partial charge is 0.377 e. The molecule has 0 radical (unpaired) electrons. The van der Waals surface area contributed by atoms with E-state index in [9.17, 15) is 4.79 Å². The fraction of sp³-hybridized carbons (Fsp3) is 0.562. The minimum absolute atomic E-state index is 0. The van der Waals surface area contributed by atoms with Crippen molar-refractivity contribution in [1.29, 1.82) is 0 Å². The van der Waals surface area contributed by atoms with Crippen molar-refractivity contribution in [2.45, 2.75) is 38.7 Å². The molecule has 21 heavy (non-hydrogen) atoms. The first kappa shape index (κ1) is 18.0. The lowest BCUT2D eigenvalue weighted by molar-refractivity contribution is -0.115. The van der Waals surface area contributed by atoms with Crippen LogP contribution in [0, 0.1) is 0 Å². The maximum atomic E-state index is 11.9. The fourth-order valence-electron chi connectivity index (χ4n) is 2.48. The van der Waals surface area contributed by atoms with E-state index in [1.165, 1.54) is 5.56 Å². The molecule has 118 valence electrons. The summed E-state index contributed by atoms with van der Waals surface area (Å²) in [6, 6.07) is 7.99. The predicted octanol–water partition coefficient (Wildman–Crippen LogP) is 2.77. The molecule has 0 aromatic heterocycles. The maximum absolute atomic E-state index is 11.9. The Morgan fingerprint density at radius 3 is 2.90 bits per heavy atom. The number of carbonyl (C=O) groups excluding carboxylic acids is 1. The van der Waals surface area contributed by atoms with Crippen molar-refractivity contribution in [2.75, 3.05) is 25.0 Å². The zero-order chi connectivity index (χ0) is 14.2. The normalized spacial score (nSPS) is 17.3. The Morgan fingerprint density at radius 1 is 1.38 bits per heavy atom. The smallest absolute Gasteiger partial charge is 0.238 e. The van der Waals surface area contributed by atoms with Crippen LogP contribution >= 0.6 is 12.4 Å². The third-order valence-electron chi connectivity index (χ3n) is 3.49. The van der Waals surface area contributed by atoms with Crippen LogP contribution in [0.4, 0.5) is 5.69 Å². The molecule has 1 aliphatic heterocycles. The molecule has 5 heteroatoms. The molecular weight excluding hydrogens is 288 g/mol. The van der Waals surface area contributed by atoms with E-state index in [-0.39, 0.29) is 24.4 Å². The van der Waals surface area contributed by atoms with Gasteiger partial charge in [-0.3, -0.25) is 4.79 Å². The Labute approximate surface area is 133 Å². The van der Waals surface area contributed by atoms with Gasteiger partial charge in [0.25, 0.3) is 0 Å². The molecule has 1 amide bonds. The number of nitrogens with one attached hydrogen (secondary N) is 2. The van der Waals surface area contributed by atoms with E-state index in [0.717, 1.165) is 44.5 Å². The van der Waals surface area contributed by atoms with Crippen LogP contribution in [-0.2, 0) is 16.0 Å². The minimum Gasteiger partial charge on any atom is -0.377 e. The molecule has 0 aliphatic carbocycles.